The number of piperidine rings is 1. The highest BCUT2D eigenvalue weighted by atomic mass is 32.2. The number of hydrogen-bond acceptors (Lipinski definition) is 3. The summed E-state index contributed by atoms with van der Waals surface area (Å²) in [6.45, 7) is 1.85. The molecular weight excluding hydrogens is 399 g/mol. The van der Waals surface area contributed by atoms with Crippen LogP contribution in [0, 0.1) is 11.7 Å². The molecule has 0 bridgehead atoms. The van der Waals surface area contributed by atoms with Gasteiger partial charge in [0, 0.05) is 36.5 Å². The fourth-order valence-electron chi connectivity index (χ4n) is 3.35. The van der Waals surface area contributed by atoms with Crippen molar-refractivity contribution in [3.05, 3.63) is 72.1 Å². The molecular formula is C24H27FN2O2S. The molecule has 2 amide bonds. The molecule has 2 aromatic rings. The molecule has 0 spiro atoms. The zero-order valence-corrected chi connectivity index (χ0v) is 17.7. The van der Waals surface area contributed by atoms with Crippen LogP contribution in [-0.2, 0) is 9.59 Å². The lowest BCUT2D eigenvalue weighted by molar-refractivity contribution is -0.132. The Kier molecular flexibility index (Phi) is 8.51. The van der Waals surface area contributed by atoms with E-state index < -0.39 is 0 Å². The zero-order valence-electron chi connectivity index (χ0n) is 16.9. The van der Waals surface area contributed by atoms with Crippen molar-refractivity contribution in [2.24, 2.45) is 5.92 Å². The first-order chi connectivity index (χ1) is 14.6. The van der Waals surface area contributed by atoms with Crippen LogP contribution >= 0.6 is 11.8 Å². The van der Waals surface area contributed by atoms with Crippen molar-refractivity contribution in [3.8, 4) is 0 Å². The first kappa shape index (κ1) is 22.1. The minimum absolute atomic E-state index is 0.00414. The lowest BCUT2D eigenvalue weighted by Gasteiger charge is -2.30. The number of halogens is 1. The Labute approximate surface area is 181 Å². The Bertz CT molecular complexity index is 847. The maximum absolute atomic E-state index is 12.9. The summed E-state index contributed by atoms with van der Waals surface area (Å²) in [5, 5.41) is 3.01. The Hall–Kier alpha value is -2.60. The molecule has 0 aromatic heterocycles. The van der Waals surface area contributed by atoms with E-state index >= 15 is 0 Å². The van der Waals surface area contributed by atoms with Gasteiger partial charge in [0.1, 0.15) is 5.82 Å². The summed E-state index contributed by atoms with van der Waals surface area (Å²) in [6, 6.07) is 16.2. The van der Waals surface area contributed by atoms with Gasteiger partial charge in [-0.15, -0.1) is 11.8 Å². The quantitative estimate of drug-likeness (QED) is 0.387. The predicted octanol–water partition coefficient (Wildman–Crippen LogP) is 4.38. The third kappa shape index (κ3) is 7.02. The molecule has 4 nitrogen and oxygen atoms in total. The molecule has 2 aromatic carbocycles. The second-order valence-corrected chi connectivity index (χ2v) is 8.46. The molecule has 0 unspecified atom stereocenters. The van der Waals surface area contributed by atoms with E-state index in [9.17, 15) is 14.0 Å². The van der Waals surface area contributed by atoms with E-state index in [-0.39, 0.29) is 23.5 Å². The number of hydrogen-bond donors (Lipinski definition) is 1. The second kappa shape index (κ2) is 11.6. The van der Waals surface area contributed by atoms with E-state index in [1.54, 1.807) is 30.0 Å². The highest BCUT2D eigenvalue weighted by Gasteiger charge is 2.26. The van der Waals surface area contributed by atoms with Crippen LogP contribution in [0.1, 0.15) is 24.8 Å². The van der Waals surface area contributed by atoms with Gasteiger partial charge in [0.2, 0.25) is 11.8 Å². The van der Waals surface area contributed by atoms with Gasteiger partial charge in [-0.1, -0.05) is 30.3 Å². The zero-order chi connectivity index (χ0) is 21.2. The maximum Gasteiger partial charge on any atom is 0.246 e. The van der Waals surface area contributed by atoms with Crippen LogP contribution in [0.2, 0.25) is 0 Å². The van der Waals surface area contributed by atoms with Crippen molar-refractivity contribution in [3.63, 3.8) is 0 Å². The number of nitrogens with zero attached hydrogens (tertiary/aromatic N) is 1. The first-order valence-electron chi connectivity index (χ1n) is 10.3. The number of carbonyl (C=O) groups excluding carboxylic acids is 2. The predicted molar refractivity (Wildman–Crippen MR) is 120 cm³/mol. The smallest absolute Gasteiger partial charge is 0.246 e. The lowest BCUT2D eigenvalue weighted by Crippen LogP contribution is -2.42. The summed E-state index contributed by atoms with van der Waals surface area (Å²) in [7, 11) is 0. The monoisotopic (exact) mass is 426 g/mol. The topological polar surface area (TPSA) is 49.4 Å². The van der Waals surface area contributed by atoms with Crippen molar-refractivity contribution in [2.75, 3.05) is 25.4 Å². The average Bonchev–Trinajstić information content (AvgIpc) is 2.79. The van der Waals surface area contributed by atoms with E-state index in [0.29, 0.717) is 32.5 Å². The van der Waals surface area contributed by atoms with Gasteiger partial charge in [-0.25, -0.2) is 4.39 Å². The normalized spacial score (nSPS) is 14.8. The SMILES string of the molecule is O=C(NCCCSc1ccc(F)cc1)C1CCN(C(=O)C=Cc2ccccc2)CC1. The van der Waals surface area contributed by atoms with Gasteiger partial charge >= 0.3 is 0 Å². The van der Waals surface area contributed by atoms with E-state index in [4.69, 9.17) is 0 Å². The third-order valence-electron chi connectivity index (χ3n) is 5.10. The van der Waals surface area contributed by atoms with Crippen molar-refractivity contribution in [2.45, 2.75) is 24.2 Å². The molecule has 3 rings (SSSR count). The summed E-state index contributed by atoms with van der Waals surface area (Å²) in [5.41, 5.74) is 0.998. The van der Waals surface area contributed by atoms with Gasteiger partial charge in [0.15, 0.2) is 0 Å². The molecule has 1 fully saturated rings. The number of benzene rings is 2. The number of carbonyl (C=O) groups is 2. The molecule has 30 heavy (non-hydrogen) atoms. The van der Waals surface area contributed by atoms with Crippen LogP contribution in [0.4, 0.5) is 4.39 Å². The van der Waals surface area contributed by atoms with Crippen molar-refractivity contribution in [1.29, 1.82) is 0 Å². The lowest BCUT2D eigenvalue weighted by atomic mass is 9.96. The van der Waals surface area contributed by atoms with Crippen molar-refractivity contribution < 1.29 is 14.0 Å². The first-order valence-corrected chi connectivity index (χ1v) is 11.3. The van der Waals surface area contributed by atoms with E-state index in [1.807, 2.05) is 41.3 Å². The number of thioether (sulfide) groups is 1. The van der Waals surface area contributed by atoms with Gasteiger partial charge < -0.3 is 10.2 Å². The van der Waals surface area contributed by atoms with Crippen molar-refractivity contribution >= 4 is 29.7 Å². The molecule has 1 N–H and O–H groups in total. The standard InChI is InChI=1S/C24H27FN2O2S/c25-21-8-10-22(11-9-21)30-18-4-15-26-24(29)20-13-16-27(17-14-20)23(28)12-7-19-5-2-1-3-6-19/h1-3,5-12,20H,4,13-18H2,(H,26,29). The van der Waals surface area contributed by atoms with Crippen LogP contribution in [-0.4, -0.2) is 42.1 Å². The summed E-state index contributed by atoms with van der Waals surface area (Å²) in [6.07, 6.45) is 5.68. The van der Waals surface area contributed by atoms with Crippen LogP contribution in [0.3, 0.4) is 0 Å². The fraction of sp³-hybridized carbons (Fsp3) is 0.333. The largest absolute Gasteiger partial charge is 0.356 e. The fourth-order valence-corrected chi connectivity index (χ4v) is 4.20. The van der Waals surface area contributed by atoms with Gasteiger partial charge in [-0.05, 0) is 60.9 Å². The van der Waals surface area contributed by atoms with Crippen LogP contribution in [0.5, 0.6) is 0 Å². The van der Waals surface area contributed by atoms with Crippen LogP contribution in [0.15, 0.2) is 65.6 Å². The number of rotatable bonds is 8. The molecule has 0 saturated carbocycles. The van der Waals surface area contributed by atoms with E-state index in [0.717, 1.165) is 22.6 Å². The molecule has 1 aliphatic heterocycles. The molecule has 1 aliphatic rings. The maximum atomic E-state index is 12.9. The Morgan fingerprint density at radius 1 is 1.07 bits per heavy atom. The van der Waals surface area contributed by atoms with E-state index in [1.165, 1.54) is 12.1 Å². The Morgan fingerprint density at radius 2 is 1.77 bits per heavy atom. The Morgan fingerprint density at radius 3 is 2.47 bits per heavy atom. The highest BCUT2D eigenvalue weighted by Crippen LogP contribution is 2.20. The molecule has 0 atom stereocenters. The van der Waals surface area contributed by atoms with Gasteiger partial charge in [-0.2, -0.15) is 0 Å². The summed E-state index contributed by atoms with van der Waals surface area (Å²) < 4.78 is 12.9. The van der Waals surface area contributed by atoms with Crippen molar-refractivity contribution in [1.82, 2.24) is 10.2 Å². The third-order valence-corrected chi connectivity index (χ3v) is 6.20. The molecule has 158 valence electrons. The van der Waals surface area contributed by atoms with Crippen LogP contribution < -0.4 is 5.32 Å². The van der Waals surface area contributed by atoms with Gasteiger partial charge in [0.05, 0.1) is 0 Å². The summed E-state index contributed by atoms with van der Waals surface area (Å²) in [5.74, 6) is 0.680. The van der Waals surface area contributed by atoms with Gasteiger partial charge in [0.25, 0.3) is 0 Å². The molecule has 1 heterocycles. The molecule has 6 heteroatoms. The summed E-state index contributed by atoms with van der Waals surface area (Å²) >= 11 is 1.65. The number of nitrogens with one attached hydrogen (secondary N) is 1. The minimum atomic E-state index is -0.230. The molecule has 1 saturated heterocycles. The highest BCUT2D eigenvalue weighted by molar-refractivity contribution is 7.99. The number of amides is 2. The molecule has 0 radical (unpaired) electrons. The second-order valence-electron chi connectivity index (χ2n) is 7.29. The van der Waals surface area contributed by atoms with Crippen LogP contribution in [0.25, 0.3) is 6.08 Å². The minimum Gasteiger partial charge on any atom is -0.356 e. The average molecular weight is 427 g/mol. The van der Waals surface area contributed by atoms with E-state index in [2.05, 4.69) is 5.32 Å². The Balaban J connectivity index is 1.31. The number of likely N-dealkylation sites (tertiary alicyclic amines) is 1. The summed E-state index contributed by atoms with van der Waals surface area (Å²) in [4.78, 5) is 27.6. The molecule has 0 aliphatic carbocycles. The van der Waals surface area contributed by atoms with Gasteiger partial charge in [-0.3, -0.25) is 9.59 Å².